The predicted molar refractivity (Wildman–Crippen MR) is 85.0 cm³/mol. The maximum absolute atomic E-state index is 13.1. The third kappa shape index (κ3) is 5.19. The van der Waals surface area contributed by atoms with Gasteiger partial charge >= 0.3 is 0 Å². The van der Waals surface area contributed by atoms with Crippen molar-refractivity contribution in [3.05, 3.63) is 29.8 Å². The van der Waals surface area contributed by atoms with E-state index in [1.165, 1.54) is 6.07 Å². The van der Waals surface area contributed by atoms with Gasteiger partial charge in [-0.25, -0.2) is 8.78 Å². The molecule has 0 aromatic heterocycles. The molecule has 1 aliphatic rings. The van der Waals surface area contributed by atoms with E-state index in [-0.39, 0.29) is 36.6 Å². The van der Waals surface area contributed by atoms with E-state index in [1.54, 1.807) is 0 Å². The molecular weight excluding hydrogens is 312 g/mol. The highest BCUT2D eigenvalue weighted by atomic mass is 35.5. The zero-order valence-electron chi connectivity index (χ0n) is 12.5. The van der Waals surface area contributed by atoms with Gasteiger partial charge in [0.25, 0.3) is 0 Å². The molecule has 1 unspecified atom stereocenters. The molecule has 1 aromatic carbocycles. The van der Waals surface area contributed by atoms with Crippen molar-refractivity contribution < 1.29 is 13.6 Å². The summed E-state index contributed by atoms with van der Waals surface area (Å²) in [4.78, 5) is 13.9. The Balaban J connectivity index is 0.00000242. The van der Waals surface area contributed by atoms with Gasteiger partial charge in [-0.3, -0.25) is 9.69 Å². The summed E-state index contributed by atoms with van der Waals surface area (Å²) >= 11 is 0. The first-order chi connectivity index (χ1) is 9.95. The molecule has 4 nitrogen and oxygen atoms in total. The lowest BCUT2D eigenvalue weighted by atomic mass is 9.91. The monoisotopic (exact) mass is 333 g/mol. The van der Waals surface area contributed by atoms with Crippen molar-refractivity contribution in [2.45, 2.75) is 25.8 Å². The summed E-state index contributed by atoms with van der Waals surface area (Å²) in [5.41, 5.74) is 6.15. The van der Waals surface area contributed by atoms with Crippen molar-refractivity contribution in [2.75, 3.05) is 25.0 Å². The van der Waals surface area contributed by atoms with Gasteiger partial charge in [-0.2, -0.15) is 0 Å². The Labute approximate surface area is 135 Å². The molecule has 0 radical (unpaired) electrons. The van der Waals surface area contributed by atoms with Crippen LogP contribution in [0.2, 0.25) is 0 Å². The topological polar surface area (TPSA) is 58.4 Å². The minimum absolute atomic E-state index is 0. The van der Waals surface area contributed by atoms with Crippen LogP contribution in [-0.4, -0.2) is 36.5 Å². The molecule has 0 aliphatic carbocycles. The quantitative estimate of drug-likeness (QED) is 0.889. The van der Waals surface area contributed by atoms with Gasteiger partial charge in [-0.1, -0.05) is 0 Å². The van der Waals surface area contributed by atoms with E-state index in [1.807, 2.05) is 11.8 Å². The molecule has 1 aliphatic heterocycles. The molecular formula is C15H22ClF2N3O. The van der Waals surface area contributed by atoms with Gasteiger partial charge in [0.1, 0.15) is 0 Å². The van der Waals surface area contributed by atoms with Crippen molar-refractivity contribution in [1.29, 1.82) is 0 Å². The van der Waals surface area contributed by atoms with E-state index in [0.29, 0.717) is 5.92 Å². The van der Waals surface area contributed by atoms with Crippen LogP contribution in [0.5, 0.6) is 0 Å². The van der Waals surface area contributed by atoms with E-state index in [0.717, 1.165) is 38.1 Å². The number of hydrogen-bond acceptors (Lipinski definition) is 3. The first-order valence-electron chi connectivity index (χ1n) is 7.18. The number of rotatable bonds is 4. The van der Waals surface area contributed by atoms with Gasteiger partial charge in [0.15, 0.2) is 11.6 Å². The first kappa shape index (κ1) is 18.8. The molecule has 0 spiro atoms. The second-order valence-electron chi connectivity index (χ2n) is 5.65. The minimum Gasteiger partial charge on any atom is -0.328 e. The lowest BCUT2D eigenvalue weighted by molar-refractivity contribution is -0.117. The van der Waals surface area contributed by atoms with Crippen molar-refractivity contribution in [3.8, 4) is 0 Å². The Kier molecular flexibility index (Phi) is 7.19. The lowest BCUT2D eigenvalue weighted by Gasteiger charge is -2.33. The highest BCUT2D eigenvalue weighted by Crippen LogP contribution is 2.19. The average molecular weight is 334 g/mol. The van der Waals surface area contributed by atoms with E-state index in [2.05, 4.69) is 5.32 Å². The number of amides is 1. The summed E-state index contributed by atoms with van der Waals surface area (Å²) in [6, 6.07) is 3.51. The van der Waals surface area contributed by atoms with Crippen LogP contribution >= 0.6 is 12.4 Å². The SMILES string of the molecule is CC(N)C1CCN(CC(=O)Nc2ccc(F)c(F)c2)CC1.Cl. The predicted octanol–water partition coefficient (Wildman–Crippen LogP) is 2.38. The number of nitrogens with one attached hydrogen (secondary N) is 1. The van der Waals surface area contributed by atoms with Crippen molar-refractivity contribution in [3.63, 3.8) is 0 Å². The van der Waals surface area contributed by atoms with Gasteiger partial charge in [0.2, 0.25) is 5.91 Å². The highest BCUT2D eigenvalue weighted by Gasteiger charge is 2.23. The van der Waals surface area contributed by atoms with Crippen LogP contribution in [0, 0.1) is 17.6 Å². The van der Waals surface area contributed by atoms with Gasteiger partial charge < -0.3 is 11.1 Å². The van der Waals surface area contributed by atoms with Crippen LogP contribution in [0.25, 0.3) is 0 Å². The molecule has 1 atom stereocenters. The Hall–Kier alpha value is -1.24. The second-order valence-corrected chi connectivity index (χ2v) is 5.65. The Morgan fingerprint density at radius 2 is 2.00 bits per heavy atom. The van der Waals surface area contributed by atoms with Crippen LogP contribution in [0.3, 0.4) is 0 Å². The Morgan fingerprint density at radius 1 is 1.36 bits per heavy atom. The summed E-state index contributed by atoms with van der Waals surface area (Å²) in [6.07, 6.45) is 1.96. The molecule has 124 valence electrons. The molecule has 0 saturated carbocycles. The normalized spacial score (nSPS) is 17.6. The molecule has 3 N–H and O–H groups in total. The number of carbonyl (C=O) groups is 1. The zero-order chi connectivity index (χ0) is 15.4. The van der Waals surface area contributed by atoms with Crippen molar-refractivity contribution >= 4 is 24.0 Å². The van der Waals surface area contributed by atoms with Gasteiger partial charge in [-0.15, -0.1) is 12.4 Å². The van der Waals surface area contributed by atoms with E-state index < -0.39 is 11.6 Å². The van der Waals surface area contributed by atoms with Crippen LogP contribution in [-0.2, 0) is 4.79 Å². The smallest absolute Gasteiger partial charge is 0.238 e. The summed E-state index contributed by atoms with van der Waals surface area (Å²) in [7, 11) is 0. The maximum Gasteiger partial charge on any atom is 0.238 e. The molecule has 1 heterocycles. The van der Waals surface area contributed by atoms with Gasteiger partial charge in [0, 0.05) is 17.8 Å². The number of benzene rings is 1. The van der Waals surface area contributed by atoms with Crippen molar-refractivity contribution in [1.82, 2.24) is 4.90 Å². The fourth-order valence-electron chi connectivity index (χ4n) is 2.61. The largest absolute Gasteiger partial charge is 0.328 e. The van der Waals surface area contributed by atoms with E-state index in [4.69, 9.17) is 5.73 Å². The highest BCUT2D eigenvalue weighted by molar-refractivity contribution is 5.92. The number of piperidine rings is 1. The average Bonchev–Trinajstić information content (AvgIpc) is 2.43. The molecule has 1 fully saturated rings. The van der Waals surface area contributed by atoms with E-state index in [9.17, 15) is 13.6 Å². The number of nitrogens with zero attached hydrogens (tertiary/aromatic N) is 1. The van der Waals surface area contributed by atoms with Crippen LogP contribution in [0.4, 0.5) is 14.5 Å². The zero-order valence-corrected chi connectivity index (χ0v) is 13.3. The van der Waals surface area contributed by atoms with Gasteiger partial charge in [0.05, 0.1) is 6.54 Å². The second kappa shape index (κ2) is 8.41. The number of nitrogens with two attached hydrogens (primary N) is 1. The fourth-order valence-corrected chi connectivity index (χ4v) is 2.61. The number of hydrogen-bond donors (Lipinski definition) is 2. The molecule has 0 bridgehead atoms. The number of anilines is 1. The summed E-state index contributed by atoms with van der Waals surface area (Å²) < 4.78 is 25.9. The molecule has 1 aromatic rings. The van der Waals surface area contributed by atoms with Crippen molar-refractivity contribution in [2.24, 2.45) is 11.7 Å². The molecule has 7 heteroatoms. The van der Waals surface area contributed by atoms with Crippen LogP contribution < -0.4 is 11.1 Å². The Bertz CT molecular complexity index is 506. The van der Waals surface area contributed by atoms with Gasteiger partial charge in [-0.05, 0) is 50.9 Å². The lowest BCUT2D eigenvalue weighted by Crippen LogP contribution is -2.42. The molecule has 22 heavy (non-hydrogen) atoms. The summed E-state index contributed by atoms with van der Waals surface area (Å²) in [5, 5.41) is 2.58. The van der Waals surface area contributed by atoms with Crippen LogP contribution in [0.15, 0.2) is 18.2 Å². The van der Waals surface area contributed by atoms with E-state index >= 15 is 0 Å². The molecule has 1 amide bonds. The third-order valence-corrected chi connectivity index (χ3v) is 3.95. The third-order valence-electron chi connectivity index (χ3n) is 3.95. The summed E-state index contributed by atoms with van der Waals surface area (Å²) in [5.74, 6) is -1.60. The first-order valence-corrected chi connectivity index (χ1v) is 7.18. The Morgan fingerprint density at radius 3 is 2.55 bits per heavy atom. The standard InChI is InChI=1S/C15H21F2N3O.ClH/c1-10(18)11-4-6-20(7-5-11)9-15(21)19-12-2-3-13(16)14(17)8-12;/h2-3,8,10-11H,4-7,9,18H2,1H3,(H,19,21);1H. The van der Waals surface area contributed by atoms with Crippen LogP contribution in [0.1, 0.15) is 19.8 Å². The molecule has 2 rings (SSSR count). The maximum atomic E-state index is 13.1. The number of likely N-dealkylation sites (tertiary alicyclic amines) is 1. The number of carbonyl (C=O) groups excluding carboxylic acids is 1. The minimum atomic E-state index is -0.967. The summed E-state index contributed by atoms with van der Waals surface area (Å²) in [6.45, 7) is 3.93. The number of halogens is 3. The fraction of sp³-hybridized carbons (Fsp3) is 0.533. The molecule has 1 saturated heterocycles.